The van der Waals surface area contributed by atoms with Crippen LogP contribution in [0.1, 0.15) is 0 Å². The van der Waals surface area contributed by atoms with E-state index >= 15 is 0 Å². The van der Waals surface area contributed by atoms with Gasteiger partial charge in [-0.1, -0.05) is 0 Å². The second kappa shape index (κ2) is 2.47. The van der Waals surface area contributed by atoms with Gasteiger partial charge in [0.1, 0.15) is 17.2 Å². The number of hydrogen-bond acceptors (Lipinski definition) is 3. The Morgan fingerprint density at radius 1 is 1.40 bits per heavy atom. The summed E-state index contributed by atoms with van der Waals surface area (Å²) in [5.74, 6) is 0.155. The van der Waals surface area contributed by atoms with Crippen LogP contribution in [0, 0.1) is 6.07 Å². The molecule has 0 fully saturated rings. The van der Waals surface area contributed by atoms with Crippen molar-refractivity contribution >= 4 is 0 Å². The minimum atomic E-state index is -0.128. The third-order valence-electron chi connectivity index (χ3n) is 1.03. The highest BCUT2D eigenvalue weighted by Gasteiger charge is 1.97. The van der Waals surface area contributed by atoms with Crippen molar-refractivity contribution in [2.45, 2.75) is 0 Å². The number of methoxy groups -OCH3 is 1. The summed E-state index contributed by atoms with van der Waals surface area (Å²) in [6.45, 7) is 0. The molecule has 0 unspecified atom stereocenters. The lowest BCUT2D eigenvalue weighted by molar-refractivity contribution is 0.396. The maximum atomic E-state index is 8.86. The van der Waals surface area contributed by atoms with Crippen LogP contribution in [-0.4, -0.2) is 17.3 Å². The highest BCUT2D eigenvalue weighted by molar-refractivity contribution is 5.38. The van der Waals surface area contributed by atoms with Crippen molar-refractivity contribution in [3.63, 3.8) is 0 Å². The quantitative estimate of drug-likeness (QED) is 0.607. The zero-order chi connectivity index (χ0) is 7.56. The normalized spacial score (nSPS) is 9.30. The molecule has 1 aromatic rings. The summed E-state index contributed by atoms with van der Waals surface area (Å²) in [6.07, 6.45) is 0. The van der Waals surface area contributed by atoms with E-state index in [0.717, 1.165) is 0 Å². The van der Waals surface area contributed by atoms with Crippen LogP contribution in [0.3, 0.4) is 0 Å². The van der Waals surface area contributed by atoms with Gasteiger partial charge in [-0.25, -0.2) is 0 Å². The van der Waals surface area contributed by atoms with Crippen LogP contribution in [0.15, 0.2) is 12.1 Å². The first kappa shape index (κ1) is 6.74. The van der Waals surface area contributed by atoms with Crippen molar-refractivity contribution in [2.75, 3.05) is 7.11 Å². The molecule has 3 heteroatoms. The first-order valence-electron chi connectivity index (χ1n) is 2.71. The molecule has 53 valence electrons. The second-order valence-electron chi connectivity index (χ2n) is 1.79. The lowest BCUT2D eigenvalue weighted by atomic mass is 10.3. The van der Waals surface area contributed by atoms with Crippen molar-refractivity contribution in [2.24, 2.45) is 0 Å². The molecule has 0 saturated heterocycles. The molecule has 0 atom stereocenters. The summed E-state index contributed by atoms with van der Waals surface area (Å²) in [5.41, 5.74) is 0. The lowest BCUT2D eigenvalue weighted by Gasteiger charge is -1.99. The van der Waals surface area contributed by atoms with Crippen molar-refractivity contribution in [1.29, 1.82) is 0 Å². The molecule has 3 nitrogen and oxygen atoms in total. The van der Waals surface area contributed by atoms with Crippen LogP contribution in [0.5, 0.6) is 17.2 Å². The number of phenols is 2. The van der Waals surface area contributed by atoms with E-state index in [1.54, 1.807) is 0 Å². The van der Waals surface area contributed by atoms with E-state index in [9.17, 15) is 0 Å². The van der Waals surface area contributed by atoms with Crippen molar-refractivity contribution in [3.05, 3.63) is 18.2 Å². The maximum Gasteiger partial charge on any atom is 0.134 e. The van der Waals surface area contributed by atoms with Crippen molar-refractivity contribution in [1.82, 2.24) is 0 Å². The number of aromatic hydroxyl groups is 2. The number of phenolic OH excluding ortho intramolecular Hbond substituents is 2. The van der Waals surface area contributed by atoms with Gasteiger partial charge in [-0.05, 0) is 0 Å². The Bertz CT molecular complexity index is 212. The SMILES string of the molecule is COc1[c]c(O)cc(O)c1. The Balaban J connectivity index is 3.06. The molecule has 0 aliphatic rings. The van der Waals surface area contributed by atoms with Gasteiger partial charge in [0.25, 0.3) is 0 Å². The van der Waals surface area contributed by atoms with Crippen LogP contribution in [0.2, 0.25) is 0 Å². The van der Waals surface area contributed by atoms with Gasteiger partial charge in [-0.15, -0.1) is 0 Å². The summed E-state index contributed by atoms with van der Waals surface area (Å²) < 4.78 is 4.70. The van der Waals surface area contributed by atoms with E-state index in [1.165, 1.54) is 19.2 Å². The Morgan fingerprint density at radius 3 is 2.60 bits per heavy atom. The Kier molecular flexibility index (Phi) is 1.67. The molecule has 0 aliphatic heterocycles. The zero-order valence-electron chi connectivity index (χ0n) is 5.46. The molecular formula is C7H7O3. The predicted molar refractivity (Wildman–Crippen MR) is 35.2 cm³/mol. The molecular weight excluding hydrogens is 132 g/mol. The van der Waals surface area contributed by atoms with E-state index in [1.807, 2.05) is 0 Å². The summed E-state index contributed by atoms with van der Waals surface area (Å²) in [5, 5.41) is 17.7. The molecule has 0 spiro atoms. The maximum absolute atomic E-state index is 8.86. The topological polar surface area (TPSA) is 49.7 Å². The largest absolute Gasteiger partial charge is 0.508 e. The molecule has 0 aliphatic carbocycles. The van der Waals surface area contributed by atoms with E-state index in [-0.39, 0.29) is 11.5 Å². The van der Waals surface area contributed by atoms with E-state index < -0.39 is 0 Å². The minimum absolute atomic E-state index is 0.0342. The van der Waals surface area contributed by atoms with Crippen LogP contribution in [0.4, 0.5) is 0 Å². The molecule has 0 aromatic heterocycles. The number of ether oxygens (including phenoxy) is 1. The summed E-state index contributed by atoms with van der Waals surface area (Å²) in [6, 6.07) is 5.02. The standard InChI is InChI=1S/C7H7O3/c1-10-7-3-5(8)2-6(9)4-7/h2-3,8-9H,1H3. The van der Waals surface area contributed by atoms with Gasteiger partial charge in [0, 0.05) is 12.1 Å². The van der Waals surface area contributed by atoms with Gasteiger partial charge < -0.3 is 14.9 Å². The van der Waals surface area contributed by atoms with E-state index in [0.29, 0.717) is 5.75 Å². The molecule has 1 aromatic carbocycles. The zero-order valence-corrected chi connectivity index (χ0v) is 5.46. The molecule has 10 heavy (non-hydrogen) atoms. The molecule has 2 N–H and O–H groups in total. The van der Waals surface area contributed by atoms with Crippen LogP contribution < -0.4 is 4.74 Å². The Morgan fingerprint density at radius 2 is 2.10 bits per heavy atom. The fourth-order valence-corrected chi connectivity index (χ4v) is 0.624. The smallest absolute Gasteiger partial charge is 0.134 e. The highest BCUT2D eigenvalue weighted by Crippen LogP contribution is 2.23. The van der Waals surface area contributed by atoms with Gasteiger partial charge in [-0.3, -0.25) is 0 Å². The first-order valence-corrected chi connectivity index (χ1v) is 2.71. The number of benzene rings is 1. The molecule has 0 saturated carbocycles. The first-order chi connectivity index (χ1) is 4.72. The van der Waals surface area contributed by atoms with Gasteiger partial charge in [0.2, 0.25) is 0 Å². The van der Waals surface area contributed by atoms with Crippen LogP contribution in [0.25, 0.3) is 0 Å². The number of rotatable bonds is 1. The summed E-state index contributed by atoms with van der Waals surface area (Å²) in [7, 11) is 1.44. The lowest BCUT2D eigenvalue weighted by Crippen LogP contribution is -1.81. The van der Waals surface area contributed by atoms with Gasteiger partial charge in [0.05, 0.1) is 13.2 Å². The molecule has 1 radical (unpaired) electrons. The fraction of sp³-hybridized carbons (Fsp3) is 0.143. The third kappa shape index (κ3) is 1.31. The van der Waals surface area contributed by atoms with Gasteiger partial charge in [0.15, 0.2) is 0 Å². The monoisotopic (exact) mass is 139 g/mol. The molecule has 1 rings (SSSR count). The van der Waals surface area contributed by atoms with Crippen LogP contribution >= 0.6 is 0 Å². The summed E-state index contributed by atoms with van der Waals surface area (Å²) in [4.78, 5) is 0. The average Bonchev–Trinajstić information content (AvgIpc) is 1.85. The fourth-order valence-electron chi connectivity index (χ4n) is 0.624. The Labute approximate surface area is 58.5 Å². The highest BCUT2D eigenvalue weighted by atomic mass is 16.5. The van der Waals surface area contributed by atoms with Gasteiger partial charge >= 0.3 is 0 Å². The molecule has 0 bridgehead atoms. The summed E-state index contributed by atoms with van der Waals surface area (Å²) >= 11 is 0. The molecule has 0 amide bonds. The number of hydrogen-bond donors (Lipinski definition) is 2. The molecule has 0 heterocycles. The predicted octanol–water partition coefficient (Wildman–Crippen LogP) is 0.907. The van der Waals surface area contributed by atoms with Gasteiger partial charge in [-0.2, -0.15) is 0 Å². The Hall–Kier alpha value is -1.38. The third-order valence-corrected chi connectivity index (χ3v) is 1.03. The van der Waals surface area contributed by atoms with E-state index in [4.69, 9.17) is 14.9 Å². The van der Waals surface area contributed by atoms with E-state index in [2.05, 4.69) is 6.07 Å². The minimum Gasteiger partial charge on any atom is -0.508 e. The average molecular weight is 139 g/mol. The second-order valence-corrected chi connectivity index (χ2v) is 1.79. The van der Waals surface area contributed by atoms with Crippen molar-refractivity contribution in [3.8, 4) is 17.2 Å². The van der Waals surface area contributed by atoms with Crippen molar-refractivity contribution < 1.29 is 14.9 Å². The van der Waals surface area contributed by atoms with Crippen LogP contribution in [-0.2, 0) is 0 Å².